The number of hydrogen-bond acceptors (Lipinski definition) is 0. The van der Waals surface area contributed by atoms with Crippen molar-refractivity contribution < 1.29 is 0 Å². The summed E-state index contributed by atoms with van der Waals surface area (Å²) in [6, 6.07) is 43.5. The summed E-state index contributed by atoms with van der Waals surface area (Å²) in [4.78, 5) is 0. The molecule has 4 rings (SSSR count). The van der Waals surface area contributed by atoms with Crippen LogP contribution in [0.25, 0.3) is 0 Å². The van der Waals surface area contributed by atoms with E-state index < -0.39 is 6.15 Å². The van der Waals surface area contributed by atoms with Crippen LogP contribution in [0.15, 0.2) is 121 Å². The molecule has 0 saturated carbocycles. The standard InChI is InChI=1S/C24H20B.C12H27P/c1-5-13-21(14-6-1)25(22-15-7-2-8-16-22,23-17-9-3-10-18-23)24-19-11-4-12-20-24;1-8-9-10-13(11(2,3)4)12(5,6)7/h1-20H;8-10H2,1-7H3/q-1;/p+1. The fraction of sp³-hybridized carbons (Fsp3) is 0.333. The Morgan fingerprint density at radius 3 is 0.947 bits per heavy atom. The van der Waals surface area contributed by atoms with Crippen LogP contribution in [0.3, 0.4) is 0 Å². The van der Waals surface area contributed by atoms with Crippen LogP contribution in [0.1, 0.15) is 61.3 Å². The van der Waals surface area contributed by atoms with Crippen molar-refractivity contribution in [1.29, 1.82) is 0 Å². The highest BCUT2D eigenvalue weighted by molar-refractivity contribution is 7.60. The molecule has 4 aromatic rings. The van der Waals surface area contributed by atoms with Crippen LogP contribution in [0.2, 0.25) is 0 Å². The average molecular weight is 523 g/mol. The van der Waals surface area contributed by atoms with E-state index in [2.05, 4.69) is 170 Å². The maximum Gasteiger partial charge on any atom is 0.108 e. The molecule has 0 amide bonds. The highest BCUT2D eigenvalue weighted by atomic mass is 31.1. The van der Waals surface area contributed by atoms with Crippen molar-refractivity contribution in [3.8, 4) is 0 Å². The summed E-state index contributed by atoms with van der Waals surface area (Å²) in [6.07, 6.45) is 3.03. The molecule has 0 bridgehead atoms. The largest absolute Gasteiger partial charge is 0.195 e. The Morgan fingerprint density at radius 2 is 0.737 bits per heavy atom. The molecule has 0 aliphatic heterocycles. The molecule has 200 valence electrons. The summed E-state index contributed by atoms with van der Waals surface area (Å²) in [6.45, 7) is 16.8. The molecule has 0 nitrogen and oxygen atoms in total. The summed E-state index contributed by atoms with van der Waals surface area (Å²) in [5.41, 5.74) is 5.36. The molecule has 0 N–H and O–H groups in total. The summed E-state index contributed by atoms with van der Waals surface area (Å²) in [5.74, 6) is 0. The predicted octanol–water partition coefficient (Wildman–Crippen LogP) is 7.66. The molecule has 2 heteroatoms. The number of unbranched alkanes of at least 4 members (excludes halogenated alkanes) is 1. The molecule has 0 fully saturated rings. The fourth-order valence-electron chi connectivity index (χ4n) is 6.35. The molecular weight excluding hydrogens is 474 g/mol. The van der Waals surface area contributed by atoms with Gasteiger partial charge in [0, 0.05) is 7.92 Å². The maximum absolute atomic E-state index is 2.42. The molecule has 38 heavy (non-hydrogen) atoms. The van der Waals surface area contributed by atoms with Gasteiger partial charge in [-0.3, -0.25) is 0 Å². The second-order valence-corrected chi connectivity index (χ2v) is 17.0. The smallest absolute Gasteiger partial charge is 0.108 e. The van der Waals surface area contributed by atoms with Gasteiger partial charge in [-0.25, -0.2) is 0 Å². The van der Waals surface area contributed by atoms with E-state index >= 15 is 0 Å². The lowest BCUT2D eigenvalue weighted by Crippen LogP contribution is -2.74. The zero-order valence-corrected chi connectivity index (χ0v) is 25.7. The lowest BCUT2D eigenvalue weighted by molar-refractivity contribution is 0.696. The Kier molecular flexibility index (Phi) is 10.6. The van der Waals surface area contributed by atoms with Crippen LogP contribution in [0, 0.1) is 0 Å². The third-order valence-corrected chi connectivity index (χ3v) is 12.3. The van der Waals surface area contributed by atoms with Crippen molar-refractivity contribution in [2.24, 2.45) is 0 Å². The Hall–Kier alpha value is -2.63. The predicted molar refractivity (Wildman–Crippen MR) is 178 cm³/mol. The normalized spacial score (nSPS) is 12.1. The first-order chi connectivity index (χ1) is 18.1. The second-order valence-electron chi connectivity index (χ2n) is 12.6. The first kappa shape index (κ1) is 29.9. The van der Waals surface area contributed by atoms with Crippen molar-refractivity contribution in [3.05, 3.63) is 121 Å². The Labute approximate surface area is 234 Å². The molecular formula is C36H48BP. The monoisotopic (exact) mass is 522 g/mol. The van der Waals surface area contributed by atoms with E-state index in [4.69, 9.17) is 0 Å². The van der Waals surface area contributed by atoms with Crippen molar-refractivity contribution in [1.82, 2.24) is 0 Å². The third-order valence-electron chi connectivity index (χ3n) is 7.79. The molecule has 0 heterocycles. The topological polar surface area (TPSA) is 0 Å². The second kappa shape index (κ2) is 13.4. The van der Waals surface area contributed by atoms with Gasteiger partial charge in [0.05, 0.1) is 16.5 Å². The van der Waals surface area contributed by atoms with Gasteiger partial charge in [0.25, 0.3) is 0 Å². The molecule has 0 aliphatic carbocycles. The summed E-state index contributed by atoms with van der Waals surface area (Å²) < 4.78 is 0. The van der Waals surface area contributed by atoms with Gasteiger partial charge in [0.15, 0.2) is 0 Å². The minimum absolute atomic E-state index is 0.238. The van der Waals surface area contributed by atoms with Crippen LogP contribution in [-0.4, -0.2) is 22.6 Å². The van der Waals surface area contributed by atoms with E-state index in [0.29, 0.717) is 10.3 Å². The average Bonchev–Trinajstić information content (AvgIpc) is 2.91. The van der Waals surface area contributed by atoms with Gasteiger partial charge in [-0.05, 0) is 48.0 Å². The van der Waals surface area contributed by atoms with Crippen LogP contribution < -0.4 is 21.9 Å². The molecule has 0 spiro atoms. The van der Waals surface area contributed by atoms with Crippen LogP contribution in [-0.2, 0) is 0 Å². The van der Waals surface area contributed by atoms with E-state index in [9.17, 15) is 0 Å². The lowest BCUT2D eigenvalue weighted by Gasteiger charge is -2.44. The van der Waals surface area contributed by atoms with E-state index in [0.717, 1.165) is 0 Å². The zero-order valence-electron chi connectivity index (χ0n) is 24.7. The number of rotatable bonds is 7. The van der Waals surface area contributed by atoms with Gasteiger partial charge in [-0.1, -0.05) is 135 Å². The Balaban J connectivity index is 0.000000263. The molecule has 4 aromatic carbocycles. The number of hydrogen-bond donors (Lipinski definition) is 0. The van der Waals surface area contributed by atoms with E-state index in [1.54, 1.807) is 0 Å². The van der Waals surface area contributed by atoms with Crippen LogP contribution in [0.4, 0.5) is 0 Å². The highest BCUT2D eigenvalue weighted by Crippen LogP contribution is 2.59. The molecule has 0 atom stereocenters. The van der Waals surface area contributed by atoms with Crippen LogP contribution >= 0.6 is 7.92 Å². The van der Waals surface area contributed by atoms with Crippen LogP contribution in [0.5, 0.6) is 0 Å². The third kappa shape index (κ3) is 7.27. The SMILES string of the molecule is CCCC[PH+](C(C)(C)C)C(C)(C)C.c1ccc([B-](c2ccccc2)(c2ccccc2)c2ccccc2)cc1. The van der Waals surface area contributed by atoms with Gasteiger partial charge < -0.3 is 0 Å². The van der Waals surface area contributed by atoms with E-state index in [1.165, 1.54) is 40.9 Å². The van der Waals surface area contributed by atoms with Crippen molar-refractivity contribution in [2.45, 2.75) is 71.6 Å². The lowest BCUT2D eigenvalue weighted by atomic mass is 9.13. The van der Waals surface area contributed by atoms with Gasteiger partial charge in [-0.2, -0.15) is 21.9 Å². The van der Waals surface area contributed by atoms with Gasteiger partial charge in [-0.15, -0.1) is 0 Å². The van der Waals surface area contributed by atoms with Crippen molar-refractivity contribution >= 4 is 35.9 Å². The zero-order chi connectivity index (χ0) is 27.7. The minimum atomic E-state index is -1.22. The van der Waals surface area contributed by atoms with E-state index in [1.807, 2.05) is 0 Å². The Bertz CT molecular complexity index is 1010. The summed E-state index contributed by atoms with van der Waals surface area (Å²) >= 11 is 0. The molecule has 0 aliphatic rings. The van der Waals surface area contributed by atoms with E-state index in [-0.39, 0.29) is 7.92 Å². The van der Waals surface area contributed by atoms with Crippen molar-refractivity contribution in [3.63, 3.8) is 0 Å². The summed E-state index contributed by atoms with van der Waals surface area (Å²) in [7, 11) is -0.238. The fourth-order valence-corrected chi connectivity index (χ4v) is 10.8. The molecule has 0 radical (unpaired) electrons. The first-order valence-electron chi connectivity index (χ1n) is 14.4. The minimum Gasteiger partial charge on any atom is -0.195 e. The summed E-state index contributed by atoms with van der Waals surface area (Å²) in [5, 5.41) is 1.11. The maximum atomic E-state index is 2.42. The van der Waals surface area contributed by atoms with Crippen molar-refractivity contribution in [2.75, 3.05) is 6.16 Å². The molecule has 0 saturated heterocycles. The first-order valence-corrected chi connectivity index (χ1v) is 16.1. The number of benzene rings is 4. The quantitative estimate of drug-likeness (QED) is 0.173. The van der Waals surface area contributed by atoms with Gasteiger partial charge in [0.2, 0.25) is 0 Å². The Morgan fingerprint density at radius 1 is 0.474 bits per heavy atom. The van der Waals surface area contributed by atoms with Gasteiger partial charge >= 0.3 is 0 Å². The van der Waals surface area contributed by atoms with Gasteiger partial charge in [0.1, 0.15) is 6.15 Å². The molecule has 0 aromatic heterocycles. The highest BCUT2D eigenvalue weighted by Gasteiger charge is 2.40. The molecule has 0 unspecified atom stereocenters.